The average molecular weight is 293 g/mol. The van der Waals surface area contributed by atoms with Crippen molar-refractivity contribution in [3.8, 4) is 0 Å². The van der Waals surface area contributed by atoms with Gasteiger partial charge in [0.25, 0.3) is 0 Å². The van der Waals surface area contributed by atoms with Crippen molar-refractivity contribution in [2.75, 3.05) is 18.5 Å². The van der Waals surface area contributed by atoms with Gasteiger partial charge in [0, 0.05) is 18.5 Å². The van der Waals surface area contributed by atoms with Gasteiger partial charge in [-0.2, -0.15) is 0 Å². The highest BCUT2D eigenvalue weighted by Crippen LogP contribution is 2.09. The molecule has 0 aliphatic carbocycles. The summed E-state index contributed by atoms with van der Waals surface area (Å²) < 4.78 is 11.0. The number of rotatable bonds is 11. The smallest absolute Gasteiger partial charge is 0.157 e. The van der Waals surface area contributed by atoms with Gasteiger partial charge in [-0.15, -0.1) is 0 Å². The summed E-state index contributed by atoms with van der Waals surface area (Å²) in [5.41, 5.74) is 0. The number of ether oxygens (including phenoxy) is 2. The van der Waals surface area contributed by atoms with Crippen molar-refractivity contribution < 1.29 is 9.47 Å². The van der Waals surface area contributed by atoms with E-state index < -0.39 is 0 Å². The molecule has 0 aromatic heterocycles. The van der Waals surface area contributed by atoms with E-state index in [9.17, 15) is 0 Å². The SMILES string of the molecule is CCOC(CCCC/C=C\CCBr)OCC. The van der Waals surface area contributed by atoms with Crippen molar-refractivity contribution in [2.24, 2.45) is 0 Å². The third kappa shape index (κ3) is 10.7. The van der Waals surface area contributed by atoms with E-state index in [1.807, 2.05) is 13.8 Å². The second-order valence-electron chi connectivity index (χ2n) is 3.57. The quantitative estimate of drug-likeness (QED) is 0.245. The monoisotopic (exact) mass is 292 g/mol. The Bertz CT molecular complexity index is 154. The molecule has 3 heteroatoms. The van der Waals surface area contributed by atoms with Gasteiger partial charge in [-0.1, -0.05) is 28.1 Å². The van der Waals surface area contributed by atoms with E-state index in [1.54, 1.807) is 0 Å². The van der Waals surface area contributed by atoms with Gasteiger partial charge in [0.2, 0.25) is 0 Å². The highest BCUT2D eigenvalue weighted by Gasteiger charge is 2.06. The fourth-order valence-corrected chi connectivity index (χ4v) is 1.72. The lowest BCUT2D eigenvalue weighted by atomic mass is 10.2. The second-order valence-corrected chi connectivity index (χ2v) is 4.37. The summed E-state index contributed by atoms with van der Waals surface area (Å²) in [5, 5.41) is 1.06. The molecule has 0 aliphatic heterocycles. The Kier molecular flexibility index (Phi) is 13.3. The van der Waals surface area contributed by atoms with Gasteiger partial charge in [-0.25, -0.2) is 0 Å². The van der Waals surface area contributed by atoms with Crippen molar-refractivity contribution in [3.63, 3.8) is 0 Å². The Balaban J connectivity index is 3.39. The maximum Gasteiger partial charge on any atom is 0.157 e. The second kappa shape index (κ2) is 13.2. The van der Waals surface area contributed by atoms with Crippen molar-refractivity contribution in [3.05, 3.63) is 12.2 Å². The van der Waals surface area contributed by atoms with Gasteiger partial charge in [0.1, 0.15) is 0 Å². The average Bonchev–Trinajstić information content (AvgIpc) is 2.28. The van der Waals surface area contributed by atoms with Gasteiger partial charge in [0.05, 0.1) is 0 Å². The van der Waals surface area contributed by atoms with Crippen LogP contribution in [0.2, 0.25) is 0 Å². The van der Waals surface area contributed by atoms with Crippen LogP contribution in [0.25, 0.3) is 0 Å². The minimum absolute atomic E-state index is 0.00141. The highest BCUT2D eigenvalue weighted by atomic mass is 79.9. The summed E-state index contributed by atoms with van der Waals surface area (Å²) in [6, 6.07) is 0. The molecule has 2 nitrogen and oxygen atoms in total. The standard InChI is InChI=1S/C13H25BrO2/c1-3-15-13(16-4-2)11-9-7-5-6-8-10-12-14/h6,8,13H,3-5,7,9-12H2,1-2H3/b8-6-. The molecule has 0 N–H and O–H groups in total. The Labute approximate surface area is 109 Å². The van der Waals surface area contributed by atoms with Crippen molar-refractivity contribution in [2.45, 2.75) is 52.2 Å². The molecule has 0 saturated heterocycles. The number of unbranched alkanes of at least 4 members (excludes halogenated alkanes) is 2. The van der Waals surface area contributed by atoms with Gasteiger partial charge in [0.15, 0.2) is 6.29 Å². The topological polar surface area (TPSA) is 18.5 Å². The van der Waals surface area contributed by atoms with Crippen LogP contribution < -0.4 is 0 Å². The van der Waals surface area contributed by atoms with E-state index in [1.165, 1.54) is 12.8 Å². The number of allylic oxidation sites excluding steroid dienone is 2. The van der Waals surface area contributed by atoms with Crippen molar-refractivity contribution in [1.29, 1.82) is 0 Å². The lowest BCUT2D eigenvalue weighted by molar-refractivity contribution is -0.140. The normalized spacial score (nSPS) is 11.8. The van der Waals surface area contributed by atoms with Crippen LogP contribution in [0.5, 0.6) is 0 Å². The Morgan fingerprint density at radius 1 is 1.00 bits per heavy atom. The first-order valence-electron chi connectivity index (χ1n) is 6.29. The predicted octanol–water partition coefficient (Wildman–Crippen LogP) is 4.29. The Morgan fingerprint density at radius 3 is 2.19 bits per heavy atom. The van der Waals surface area contributed by atoms with E-state index >= 15 is 0 Å². The van der Waals surface area contributed by atoms with Crippen LogP contribution in [0.1, 0.15) is 46.0 Å². The van der Waals surface area contributed by atoms with Gasteiger partial charge in [-0.3, -0.25) is 0 Å². The van der Waals surface area contributed by atoms with Gasteiger partial charge >= 0.3 is 0 Å². The summed E-state index contributed by atoms with van der Waals surface area (Å²) in [7, 11) is 0. The lowest BCUT2D eigenvalue weighted by Gasteiger charge is -2.16. The molecule has 96 valence electrons. The molecule has 0 radical (unpaired) electrons. The van der Waals surface area contributed by atoms with Crippen LogP contribution in [0, 0.1) is 0 Å². The molecule has 0 aliphatic rings. The minimum atomic E-state index is 0.00141. The molecule has 0 atom stereocenters. The van der Waals surface area contributed by atoms with Crippen LogP contribution in [0.4, 0.5) is 0 Å². The molecule has 0 rings (SSSR count). The number of hydrogen-bond donors (Lipinski definition) is 0. The van der Waals surface area contributed by atoms with Crippen LogP contribution in [0.15, 0.2) is 12.2 Å². The third-order valence-corrected chi connectivity index (χ3v) is 2.67. The summed E-state index contributed by atoms with van der Waals surface area (Å²) in [6.07, 6.45) is 10.2. The van der Waals surface area contributed by atoms with Gasteiger partial charge in [-0.05, 0) is 46.0 Å². The highest BCUT2D eigenvalue weighted by molar-refractivity contribution is 9.09. The minimum Gasteiger partial charge on any atom is -0.353 e. The summed E-state index contributed by atoms with van der Waals surface area (Å²) >= 11 is 3.40. The maximum atomic E-state index is 5.48. The van der Waals surface area contributed by atoms with Crippen molar-refractivity contribution in [1.82, 2.24) is 0 Å². The zero-order chi connectivity index (χ0) is 12.1. The number of alkyl halides is 1. The summed E-state index contributed by atoms with van der Waals surface area (Å²) in [4.78, 5) is 0. The van der Waals surface area contributed by atoms with Crippen LogP contribution in [0.3, 0.4) is 0 Å². The van der Waals surface area contributed by atoms with Crippen LogP contribution in [-0.4, -0.2) is 24.8 Å². The molecule has 0 aromatic rings. The largest absolute Gasteiger partial charge is 0.353 e. The molecule has 0 amide bonds. The Morgan fingerprint density at radius 2 is 1.62 bits per heavy atom. The van der Waals surface area contributed by atoms with Crippen molar-refractivity contribution >= 4 is 15.9 Å². The summed E-state index contributed by atoms with van der Waals surface area (Å²) in [6.45, 7) is 5.48. The first-order chi connectivity index (χ1) is 7.85. The molecular weight excluding hydrogens is 268 g/mol. The molecule has 0 bridgehead atoms. The van der Waals surface area contributed by atoms with Crippen LogP contribution >= 0.6 is 15.9 Å². The molecule has 0 heterocycles. The van der Waals surface area contributed by atoms with E-state index in [0.717, 1.165) is 37.8 Å². The zero-order valence-electron chi connectivity index (χ0n) is 10.6. The first kappa shape index (κ1) is 16.1. The lowest BCUT2D eigenvalue weighted by Crippen LogP contribution is -2.17. The predicted molar refractivity (Wildman–Crippen MR) is 73.1 cm³/mol. The van der Waals surface area contributed by atoms with Gasteiger partial charge < -0.3 is 9.47 Å². The fourth-order valence-electron chi connectivity index (χ4n) is 1.46. The molecule has 16 heavy (non-hydrogen) atoms. The van der Waals surface area contributed by atoms with E-state index in [4.69, 9.17) is 9.47 Å². The molecular formula is C13H25BrO2. The number of halogens is 1. The molecule has 0 spiro atoms. The van der Waals surface area contributed by atoms with Crippen LogP contribution in [-0.2, 0) is 9.47 Å². The molecule has 0 fully saturated rings. The van der Waals surface area contributed by atoms with E-state index in [-0.39, 0.29) is 6.29 Å². The summed E-state index contributed by atoms with van der Waals surface area (Å²) in [5.74, 6) is 0. The molecule has 0 saturated carbocycles. The molecule has 0 aromatic carbocycles. The van der Waals surface area contributed by atoms with E-state index in [2.05, 4.69) is 28.1 Å². The fraction of sp³-hybridized carbons (Fsp3) is 0.846. The maximum absolute atomic E-state index is 5.48. The first-order valence-corrected chi connectivity index (χ1v) is 7.41. The zero-order valence-corrected chi connectivity index (χ0v) is 12.2. The number of hydrogen-bond acceptors (Lipinski definition) is 2. The third-order valence-electron chi connectivity index (χ3n) is 2.21. The van der Waals surface area contributed by atoms with E-state index in [0.29, 0.717) is 0 Å². The molecule has 0 unspecified atom stereocenters. The Hall–Kier alpha value is 0.140.